The number of fused-ring (bicyclic) bond motifs is 1. The van der Waals surface area contributed by atoms with E-state index in [4.69, 9.17) is 0 Å². The Labute approximate surface area is 145 Å². The van der Waals surface area contributed by atoms with Crippen molar-refractivity contribution in [1.29, 1.82) is 0 Å². The van der Waals surface area contributed by atoms with Crippen molar-refractivity contribution in [3.8, 4) is 0 Å². The van der Waals surface area contributed by atoms with Gasteiger partial charge in [0.1, 0.15) is 6.54 Å². The van der Waals surface area contributed by atoms with Crippen molar-refractivity contribution in [1.82, 2.24) is 0 Å². The lowest BCUT2D eigenvalue weighted by Gasteiger charge is -2.29. The number of rotatable bonds is 4. The van der Waals surface area contributed by atoms with Crippen molar-refractivity contribution in [3.63, 3.8) is 0 Å². The Morgan fingerprint density at radius 3 is 2.56 bits per heavy atom. The van der Waals surface area contributed by atoms with Crippen molar-refractivity contribution in [3.05, 3.63) is 54.1 Å². The number of para-hydroxylation sites is 2. The zero-order valence-electron chi connectivity index (χ0n) is 13.9. The van der Waals surface area contributed by atoms with Gasteiger partial charge in [-0.25, -0.2) is 0 Å². The second kappa shape index (κ2) is 7.17. The number of carbonyl (C=O) groups is 3. The summed E-state index contributed by atoms with van der Waals surface area (Å²) >= 11 is 0. The fourth-order valence-corrected chi connectivity index (χ4v) is 2.72. The molecule has 1 heterocycles. The molecule has 0 saturated carbocycles. The van der Waals surface area contributed by atoms with Crippen LogP contribution in [0.4, 0.5) is 17.1 Å². The number of carbonyl (C=O) groups excluding carboxylic acids is 3. The summed E-state index contributed by atoms with van der Waals surface area (Å²) in [6.07, 6.45) is 1.24. The van der Waals surface area contributed by atoms with Crippen LogP contribution in [0.5, 0.6) is 0 Å². The lowest BCUT2D eigenvalue weighted by atomic mass is 10.1. The standard InChI is InChI=1S/C19H19N3O3/c1-2-5-17(23)20-14-10-8-13(9-11-14)19(25)22-12-18(24)21-15-6-3-4-7-16(15)22/h3-4,6-11H,2,5,12H2,1H3,(H,20,23)(H,21,24). The third-order valence-electron chi connectivity index (χ3n) is 3.91. The molecule has 2 N–H and O–H groups in total. The van der Waals surface area contributed by atoms with Gasteiger partial charge in [0, 0.05) is 17.7 Å². The number of nitrogens with zero attached hydrogens (tertiary/aromatic N) is 1. The summed E-state index contributed by atoms with van der Waals surface area (Å²) in [5.41, 5.74) is 2.40. The highest BCUT2D eigenvalue weighted by molar-refractivity contribution is 6.15. The van der Waals surface area contributed by atoms with Crippen LogP contribution in [0.25, 0.3) is 0 Å². The maximum absolute atomic E-state index is 12.8. The normalized spacial score (nSPS) is 13.0. The third kappa shape index (κ3) is 3.68. The number of hydrogen-bond donors (Lipinski definition) is 2. The summed E-state index contributed by atoms with van der Waals surface area (Å²) < 4.78 is 0. The van der Waals surface area contributed by atoms with E-state index in [0.717, 1.165) is 6.42 Å². The minimum atomic E-state index is -0.256. The van der Waals surface area contributed by atoms with E-state index >= 15 is 0 Å². The van der Waals surface area contributed by atoms with E-state index in [0.29, 0.717) is 29.0 Å². The number of hydrogen-bond acceptors (Lipinski definition) is 3. The molecule has 6 heteroatoms. The van der Waals surface area contributed by atoms with Crippen molar-refractivity contribution >= 4 is 34.8 Å². The van der Waals surface area contributed by atoms with Gasteiger partial charge in [-0.3, -0.25) is 19.3 Å². The number of benzene rings is 2. The summed E-state index contributed by atoms with van der Waals surface area (Å²) in [5, 5.41) is 5.54. The Morgan fingerprint density at radius 2 is 1.84 bits per heavy atom. The average Bonchev–Trinajstić information content (AvgIpc) is 2.61. The van der Waals surface area contributed by atoms with Crippen molar-refractivity contribution in [2.45, 2.75) is 19.8 Å². The zero-order chi connectivity index (χ0) is 17.8. The maximum atomic E-state index is 12.8. The van der Waals surface area contributed by atoms with Crippen molar-refractivity contribution in [2.24, 2.45) is 0 Å². The van der Waals surface area contributed by atoms with Gasteiger partial charge >= 0.3 is 0 Å². The van der Waals surface area contributed by atoms with Crippen LogP contribution in [0.3, 0.4) is 0 Å². The lowest BCUT2D eigenvalue weighted by molar-refractivity contribution is -0.116. The SMILES string of the molecule is CCCC(=O)Nc1ccc(C(=O)N2CC(=O)Nc3ccccc32)cc1. The van der Waals surface area contributed by atoms with Gasteiger partial charge < -0.3 is 10.6 Å². The Kier molecular flexibility index (Phi) is 4.79. The summed E-state index contributed by atoms with van der Waals surface area (Å²) in [6.45, 7) is 1.92. The molecule has 0 spiro atoms. The molecule has 0 fully saturated rings. The Bertz CT molecular complexity index is 815. The molecule has 0 unspecified atom stereocenters. The molecule has 2 aromatic carbocycles. The molecule has 3 rings (SSSR count). The van der Waals surface area contributed by atoms with Gasteiger partial charge in [-0.15, -0.1) is 0 Å². The number of nitrogens with one attached hydrogen (secondary N) is 2. The number of anilines is 3. The molecule has 0 atom stereocenters. The van der Waals surface area contributed by atoms with Crippen LogP contribution in [0.15, 0.2) is 48.5 Å². The molecule has 0 aromatic heterocycles. The summed E-state index contributed by atoms with van der Waals surface area (Å²) in [4.78, 5) is 37.7. The average molecular weight is 337 g/mol. The highest BCUT2D eigenvalue weighted by atomic mass is 16.2. The predicted molar refractivity (Wildman–Crippen MR) is 96.7 cm³/mol. The summed E-state index contributed by atoms with van der Waals surface area (Å²) in [6, 6.07) is 13.9. The molecule has 6 nitrogen and oxygen atoms in total. The van der Waals surface area contributed by atoms with Gasteiger partial charge in [-0.1, -0.05) is 19.1 Å². The van der Waals surface area contributed by atoms with E-state index in [1.165, 1.54) is 4.90 Å². The monoisotopic (exact) mass is 337 g/mol. The minimum Gasteiger partial charge on any atom is -0.326 e. The van der Waals surface area contributed by atoms with Crippen LogP contribution in [0, 0.1) is 0 Å². The second-order valence-corrected chi connectivity index (χ2v) is 5.83. The van der Waals surface area contributed by atoms with Crippen LogP contribution in [0.2, 0.25) is 0 Å². The molecule has 3 amide bonds. The molecular formula is C19H19N3O3. The van der Waals surface area contributed by atoms with E-state index < -0.39 is 0 Å². The Hall–Kier alpha value is -3.15. The molecule has 1 aliphatic rings. The van der Waals surface area contributed by atoms with Crippen LogP contribution in [-0.4, -0.2) is 24.3 Å². The van der Waals surface area contributed by atoms with E-state index in [1.54, 1.807) is 42.5 Å². The highest BCUT2D eigenvalue weighted by Crippen LogP contribution is 2.30. The topological polar surface area (TPSA) is 78.5 Å². The van der Waals surface area contributed by atoms with Gasteiger partial charge in [0.2, 0.25) is 11.8 Å². The quantitative estimate of drug-likeness (QED) is 0.900. The molecule has 25 heavy (non-hydrogen) atoms. The van der Waals surface area contributed by atoms with E-state index in [-0.39, 0.29) is 24.3 Å². The molecule has 1 aliphatic heterocycles. The first kappa shape index (κ1) is 16.7. The second-order valence-electron chi connectivity index (χ2n) is 5.83. The molecule has 0 radical (unpaired) electrons. The van der Waals surface area contributed by atoms with Gasteiger partial charge in [0.15, 0.2) is 0 Å². The van der Waals surface area contributed by atoms with Gasteiger partial charge in [-0.2, -0.15) is 0 Å². The van der Waals surface area contributed by atoms with E-state index in [9.17, 15) is 14.4 Å². The van der Waals surface area contributed by atoms with Crippen LogP contribution in [0.1, 0.15) is 30.1 Å². The maximum Gasteiger partial charge on any atom is 0.258 e. The fraction of sp³-hybridized carbons (Fsp3) is 0.211. The van der Waals surface area contributed by atoms with Crippen molar-refractivity contribution in [2.75, 3.05) is 22.1 Å². The third-order valence-corrected chi connectivity index (χ3v) is 3.91. The first-order valence-electron chi connectivity index (χ1n) is 8.19. The van der Waals surface area contributed by atoms with E-state index in [1.807, 2.05) is 13.0 Å². The molecule has 128 valence electrons. The first-order valence-corrected chi connectivity index (χ1v) is 8.19. The lowest BCUT2D eigenvalue weighted by Crippen LogP contribution is -2.42. The molecule has 0 bridgehead atoms. The van der Waals surface area contributed by atoms with E-state index in [2.05, 4.69) is 10.6 Å². The smallest absolute Gasteiger partial charge is 0.258 e. The largest absolute Gasteiger partial charge is 0.326 e. The van der Waals surface area contributed by atoms with Crippen LogP contribution < -0.4 is 15.5 Å². The zero-order valence-corrected chi connectivity index (χ0v) is 13.9. The highest BCUT2D eigenvalue weighted by Gasteiger charge is 2.27. The predicted octanol–water partition coefficient (Wildman–Crippen LogP) is 3.02. The van der Waals surface area contributed by atoms with Crippen LogP contribution in [-0.2, 0) is 9.59 Å². The van der Waals surface area contributed by atoms with Gasteiger partial charge in [0.05, 0.1) is 11.4 Å². The molecular weight excluding hydrogens is 318 g/mol. The fourth-order valence-electron chi connectivity index (χ4n) is 2.72. The Balaban J connectivity index is 1.79. The summed E-state index contributed by atoms with van der Waals surface area (Å²) in [5.74, 6) is -0.535. The van der Waals surface area contributed by atoms with Gasteiger partial charge in [0.25, 0.3) is 5.91 Å². The molecule has 0 saturated heterocycles. The molecule has 0 aliphatic carbocycles. The van der Waals surface area contributed by atoms with Gasteiger partial charge in [-0.05, 0) is 42.8 Å². The first-order chi connectivity index (χ1) is 12.1. The van der Waals surface area contributed by atoms with Crippen molar-refractivity contribution < 1.29 is 14.4 Å². The number of amides is 3. The van der Waals surface area contributed by atoms with Crippen LogP contribution >= 0.6 is 0 Å². The Morgan fingerprint density at radius 1 is 1.12 bits per heavy atom. The molecule has 2 aromatic rings. The summed E-state index contributed by atoms with van der Waals surface area (Å²) in [7, 11) is 0. The minimum absolute atomic E-state index is 0.0230.